The first kappa shape index (κ1) is 26.2. The molecule has 1 aliphatic rings. The lowest BCUT2D eigenvalue weighted by molar-refractivity contribution is 0.1000. The SMILES string of the molecule is CCCCCCCCCCCCN1CCCCCC1N=O.NC(=O)c1cccnc1. The van der Waals surface area contributed by atoms with Crippen LogP contribution >= 0.6 is 0 Å². The lowest BCUT2D eigenvalue weighted by atomic mass is 10.1. The zero-order valence-electron chi connectivity index (χ0n) is 18.9. The minimum atomic E-state index is -0.442. The summed E-state index contributed by atoms with van der Waals surface area (Å²) in [5, 5.41) is 3.33. The van der Waals surface area contributed by atoms with Crippen LogP contribution < -0.4 is 5.73 Å². The first-order valence-electron chi connectivity index (χ1n) is 11.9. The number of amides is 1. The number of carbonyl (C=O) groups excluding carboxylic acids is 1. The molecule has 1 aliphatic heterocycles. The Labute approximate surface area is 183 Å². The van der Waals surface area contributed by atoms with Crippen molar-refractivity contribution in [2.45, 2.75) is 103 Å². The Bertz CT molecular complexity index is 553. The third kappa shape index (κ3) is 12.7. The smallest absolute Gasteiger partial charge is 0.250 e. The zero-order valence-corrected chi connectivity index (χ0v) is 18.9. The van der Waals surface area contributed by atoms with Crippen LogP contribution in [0.2, 0.25) is 0 Å². The van der Waals surface area contributed by atoms with Crippen LogP contribution in [-0.4, -0.2) is 35.0 Å². The molecule has 2 N–H and O–H groups in total. The summed E-state index contributed by atoms with van der Waals surface area (Å²) in [6.45, 7) is 4.43. The van der Waals surface area contributed by atoms with E-state index in [1.54, 1.807) is 18.3 Å². The van der Waals surface area contributed by atoms with Crippen LogP contribution in [0.4, 0.5) is 0 Å². The lowest BCUT2D eigenvalue weighted by Crippen LogP contribution is -2.34. The minimum Gasteiger partial charge on any atom is -0.366 e. The van der Waals surface area contributed by atoms with Crippen LogP contribution in [0.25, 0.3) is 0 Å². The number of pyridine rings is 1. The summed E-state index contributed by atoms with van der Waals surface area (Å²) in [4.78, 5) is 27.3. The molecule has 2 rings (SSSR count). The Balaban J connectivity index is 0.000000414. The zero-order chi connectivity index (χ0) is 21.9. The van der Waals surface area contributed by atoms with E-state index in [1.165, 1.54) is 89.7 Å². The van der Waals surface area contributed by atoms with Gasteiger partial charge in [0.15, 0.2) is 0 Å². The van der Waals surface area contributed by atoms with Crippen LogP contribution in [0.15, 0.2) is 29.7 Å². The summed E-state index contributed by atoms with van der Waals surface area (Å²) in [5.41, 5.74) is 5.38. The molecule has 30 heavy (non-hydrogen) atoms. The van der Waals surface area contributed by atoms with Crippen molar-refractivity contribution in [1.82, 2.24) is 9.88 Å². The van der Waals surface area contributed by atoms with Gasteiger partial charge >= 0.3 is 0 Å². The molecular weight excluding hydrogens is 376 g/mol. The molecule has 0 aromatic carbocycles. The summed E-state index contributed by atoms with van der Waals surface area (Å²) in [7, 11) is 0. The first-order chi connectivity index (χ1) is 14.7. The molecule has 1 unspecified atom stereocenters. The summed E-state index contributed by atoms with van der Waals surface area (Å²) in [6, 6.07) is 3.29. The molecule has 1 aromatic heterocycles. The molecule has 2 heterocycles. The first-order valence-corrected chi connectivity index (χ1v) is 11.9. The Morgan fingerprint density at radius 3 is 2.27 bits per heavy atom. The second kappa shape index (κ2) is 18.0. The van der Waals surface area contributed by atoms with Crippen LogP contribution in [0.3, 0.4) is 0 Å². The number of primary amides is 1. The van der Waals surface area contributed by atoms with Gasteiger partial charge in [0.25, 0.3) is 0 Å². The fourth-order valence-electron chi connectivity index (χ4n) is 3.84. The van der Waals surface area contributed by atoms with Crippen molar-refractivity contribution in [2.75, 3.05) is 13.1 Å². The molecule has 0 aliphatic carbocycles. The summed E-state index contributed by atoms with van der Waals surface area (Å²) in [5.74, 6) is -0.442. The minimum absolute atomic E-state index is 0.0361. The lowest BCUT2D eigenvalue weighted by Gasteiger charge is -2.24. The Morgan fingerprint density at radius 1 is 1.07 bits per heavy atom. The molecule has 170 valence electrons. The summed E-state index contributed by atoms with van der Waals surface area (Å²) in [6.07, 6.45) is 21.4. The highest BCUT2D eigenvalue weighted by atomic mass is 16.3. The Morgan fingerprint density at radius 2 is 1.73 bits per heavy atom. The van der Waals surface area contributed by atoms with E-state index >= 15 is 0 Å². The maximum absolute atomic E-state index is 10.9. The topological polar surface area (TPSA) is 88.6 Å². The maximum atomic E-state index is 10.9. The van der Waals surface area contributed by atoms with Crippen LogP contribution in [0.1, 0.15) is 107 Å². The van der Waals surface area contributed by atoms with Gasteiger partial charge in [0.2, 0.25) is 5.91 Å². The number of nitrogens with two attached hydrogens (primary N) is 1. The highest BCUT2D eigenvalue weighted by molar-refractivity contribution is 5.92. The molecule has 1 saturated heterocycles. The van der Waals surface area contributed by atoms with Gasteiger partial charge in [-0.25, -0.2) is 0 Å². The van der Waals surface area contributed by atoms with E-state index in [2.05, 4.69) is 22.0 Å². The van der Waals surface area contributed by atoms with Crippen molar-refractivity contribution in [2.24, 2.45) is 10.9 Å². The van der Waals surface area contributed by atoms with Crippen molar-refractivity contribution >= 4 is 5.91 Å². The molecule has 1 fully saturated rings. The maximum Gasteiger partial charge on any atom is 0.250 e. The number of hydrogen-bond acceptors (Lipinski definition) is 5. The molecule has 1 atom stereocenters. The highest BCUT2D eigenvalue weighted by Gasteiger charge is 2.20. The van der Waals surface area contributed by atoms with Gasteiger partial charge in [0, 0.05) is 25.5 Å². The van der Waals surface area contributed by atoms with E-state index in [1.807, 2.05) is 0 Å². The van der Waals surface area contributed by atoms with Gasteiger partial charge in [-0.2, -0.15) is 0 Å². The molecule has 0 spiro atoms. The number of hydrogen-bond donors (Lipinski definition) is 1. The fourth-order valence-corrected chi connectivity index (χ4v) is 3.84. The molecule has 1 amide bonds. The van der Waals surface area contributed by atoms with Gasteiger partial charge < -0.3 is 5.73 Å². The van der Waals surface area contributed by atoms with E-state index in [0.717, 1.165) is 19.5 Å². The second-order valence-corrected chi connectivity index (χ2v) is 8.26. The van der Waals surface area contributed by atoms with Gasteiger partial charge in [-0.3, -0.25) is 14.7 Å². The molecular formula is C24H42N4O2. The molecule has 6 heteroatoms. The second-order valence-electron chi connectivity index (χ2n) is 8.26. The van der Waals surface area contributed by atoms with Crippen molar-refractivity contribution < 1.29 is 4.79 Å². The average molecular weight is 419 g/mol. The number of likely N-dealkylation sites (tertiary alicyclic amines) is 1. The number of unbranched alkanes of at least 4 members (excludes halogenated alkanes) is 9. The predicted molar refractivity (Wildman–Crippen MR) is 124 cm³/mol. The highest BCUT2D eigenvalue weighted by Crippen LogP contribution is 2.18. The third-order valence-electron chi connectivity index (χ3n) is 5.70. The van der Waals surface area contributed by atoms with Crippen molar-refractivity contribution in [3.63, 3.8) is 0 Å². The van der Waals surface area contributed by atoms with E-state index in [0.29, 0.717) is 5.56 Å². The van der Waals surface area contributed by atoms with Gasteiger partial charge in [0.1, 0.15) is 6.17 Å². The Kier molecular flexibility index (Phi) is 15.7. The number of aromatic nitrogens is 1. The van der Waals surface area contributed by atoms with Crippen LogP contribution in [-0.2, 0) is 0 Å². The van der Waals surface area contributed by atoms with Crippen LogP contribution in [0, 0.1) is 4.91 Å². The summed E-state index contributed by atoms with van der Waals surface area (Å²) >= 11 is 0. The van der Waals surface area contributed by atoms with Crippen LogP contribution in [0.5, 0.6) is 0 Å². The van der Waals surface area contributed by atoms with E-state index < -0.39 is 5.91 Å². The molecule has 0 saturated carbocycles. The van der Waals surface area contributed by atoms with Crippen molar-refractivity contribution in [3.8, 4) is 0 Å². The largest absolute Gasteiger partial charge is 0.366 e. The van der Waals surface area contributed by atoms with E-state index in [-0.39, 0.29) is 6.17 Å². The van der Waals surface area contributed by atoms with Gasteiger partial charge in [-0.1, -0.05) is 76.3 Å². The number of carbonyl (C=O) groups is 1. The monoisotopic (exact) mass is 418 g/mol. The normalized spacial score (nSPS) is 16.9. The van der Waals surface area contributed by atoms with Gasteiger partial charge in [-0.05, 0) is 37.8 Å². The predicted octanol–water partition coefficient (Wildman–Crippen LogP) is 6.06. The fraction of sp³-hybridized carbons (Fsp3) is 0.750. The third-order valence-corrected chi connectivity index (χ3v) is 5.70. The summed E-state index contributed by atoms with van der Waals surface area (Å²) < 4.78 is 0. The van der Waals surface area contributed by atoms with E-state index in [9.17, 15) is 9.70 Å². The average Bonchev–Trinajstić information content (AvgIpc) is 3.01. The van der Waals surface area contributed by atoms with E-state index in [4.69, 9.17) is 5.73 Å². The number of nitroso groups, excluding NO2 is 1. The standard InChI is InChI=1S/C18H36N2O.C6H6N2O/c1-2-3-4-5-6-7-8-9-10-13-16-20-17-14-11-12-15-18(20)19-21;7-6(9)5-2-1-3-8-4-5/h18H,2-17H2,1H3;1-4H,(H2,7,9). The van der Waals surface area contributed by atoms with Gasteiger partial charge in [0.05, 0.1) is 5.56 Å². The molecule has 6 nitrogen and oxygen atoms in total. The number of rotatable bonds is 13. The van der Waals surface area contributed by atoms with Gasteiger partial charge in [-0.15, -0.1) is 4.91 Å². The van der Waals surface area contributed by atoms with Crippen molar-refractivity contribution in [3.05, 3.63) is 35.0 Å². The molecule has 0 bridgehead atoms. The quantitative estimate of drug-likeness (QED) is 0.311. The van der Waals surface area contributed by atoms with Crippen molar-refractivity contribution in [1.29, 1.82) is 0 Å². The Hall–Kier alpha value is -1.82. The number of nitrogens with zero attached hydrogens (tertiary/aromatic N) is 3. The molecule has 0 radical (unpaired) electrons. The molecule has 1 aromatic rings.